The number of carbonyl (C=O) groups is 1. The van der Waals surface area contributed by atoms with Gasteiger partial charge in [0, 0.05) is 11.8 Å². The van der Waals surface area contributed by atoms with E-state index in [1.165, 1.54) is 25.1 Å². The Morgan fingerprint density at radius 3 is 2.72 bits per heavy atom. The molecular weight excluding hydrogens is 372 g/mol. The minimum absolute atomic E-state index is 0.349. The Labute approximate surface area is 165 Å². The smallest absolute Gasteiger partial charge is 0.333 e. The molecule has 2 aromatic heterocycles. The largest absolute Gasteiger partial charge is 0.497 e. The first-order valence-electron chi connectivity index (χ1n) is 8.84. The van der Waals surface area contributed by atoms with Gasteiger partial charge in [-0.25, -0.2) is 9.78 Å². The fourth-order valence-corrected chi connectivity index (χ4v) is 3.24. The second-order valence-electron chi connectivity index (χ2n) is 6.38. The molecular formula is C21H18N4O4. The van der Waals surface area contributed by atoms with Gasteiger partial charge in [0.1, 0.15) is 5.75 Å². The molecule has 0 aliphatic rings. The zero-order valence-electron chi connectivity index (χ0n) is 15.8. The van der Waals surface area contributed by atoms with E-state index in [0.717, 1.165) is 11.1 Å². The van der Waals surface area contributed by atoms with Gasteiger partial charge in [-0.05, 0) is 35.4 Å². The highest BCUT2D eigenvalue weighted by Gasteiger charge is 2.26. The lowest BCUT2D eigenvalue weighted by atomic mass is 10.0. The van der Waals surface area contributed by atoms with Crippen LogP contribution in [0.3, 0.4) is 0 Å². The molecule has 1 N–H and O–H groups in total. The number of carbonyl (C=O) groups excluding carboxylic acids is 1. The first-order valence-corrected chi connectivity index (χ1v) is 8.84. The molecule has 146 valence electrons. The first kappa shape index (κ1) is 18.4. The Balaban J connectivity index is 1.90. The third kappa shape index (κ3) is 3.36. The number of benzene rings is 2. The molecule has 0 aliphatic carbocycles. The van der Waals surface area contributed by atoms with E-state index in [1.54, 1.807) is 48.8 Å². The molecule has 2 heterocycles. The fraction of sp³-hybridized carbons (Fsp3) is 0.143. The molecule has 29 heavy (non-hydrogen) atoms. The predicted molar refractivity (Wildman–Crippen MR) is 107 cm³/mol. The molecule has 0 spiro atoms. The number of esters is 1. The van der Waals surface area contributed by atoms with Crippen molar-refractivity contribution in [2.75, 3.05) is 14.2 Å². The van der Waals surface area contributed by atoms with Gasteiger partial charge in [-0.15, -0.1) is 0 Å². The van der Waals surface area contributed by atoms with Crippen molar-refractivity contribution in [2.24, 2.45) is 0 Å². The molecule has 2 aromatic carbocycles. The molecule has 8 heteroatoms. The summed E-state index contributed by atoms with van der Waals surface area (Å²) in [6, 6.07) is 11.3. The minimum atomic E-state index is -0.989. The lowest BCUT2D eigenvalue weighted by Gasteiger charge is -2.18. The second kappa shape index (κ2) is 7.59. The third-order valence-electron chi connectivity index (χ3n) is 4.73. The van der Waals surface area contributed by atoms with E-state index >= 15 is 0 Å². The van der Waals surface area contributed by atoms with Crippen molar-refractivity contribution in [3.63, 3.8) is 0 Å². The normalized spacial score (nSPS) is 11.9. The topological polar surface area (TPSA) is 99.1 Å². The highest BCUT2D eigenvalue weighted by Crippen LogP contribution is 2.25. The molecule has 4 aromatic rings. The van der Waals surface area contributed by atoms with Crippen molar-refractivity contribution in [3.8, 4) is 16.9 Å². The van der Waals surface area contributed by atoms with Crippen LogP contribution in [0.5, 0.6) is 5.75 Å². The van der Waals surface area contributed by atoms with E-state index in [-0.39, 0.29) is 5.56 Å². The summed E-state index contributed by atoms with van der Waals surface area (Å²) < 4.78 is 11.5. The van der Waals surface area contributed by atoms with Crippen molar-refractivity contribution in [3.05, 3.63) is 77.1 Å². The van der Waals surface area contributed by atoms with Gasteiger partial charge < -0.3 is 9.47 Å². The van der Waals surface area contributed by atoms with Crippen molar-refractivity contribution in [1.29, 1.82) is 0 Å². The summed E-state index contributed by atoms with van der Waals surface area (Å²) in [5.74, 6) is -0.00654. The summed E-state index contributed by atoms with van der Waals surface area (Å²) in [5, 5.41) is 7.09. The van der Waals surface area contributed by atoms with Gasteiger partial charge in [0.25, 0.3) is 5.56 Å². The third-order valence-corrected chi connectivity index (χ3v) is 4.73. The van der Waals surface area contributed by atoms with Crippen molar-refractivity contribution in [1.82, 2.24) is 19.7 Å². The van der Waals surface area contributed by atoms with Crippen LogP contribution in [0.4, 0.5) is 0 Å². The average Bonchev–Trinajstić information content (AvgIpc) is 3.30. The molecule has 0 bridgehead atoms. The Bertz CT molecular complexity index is 1230. The van der Waals surface area contributed by atoms with Crippen LogP contribution in [-0.4, -0.2) is 39.9 Å². The molecule has 0 saturated carbocycles. The number of rotatable bonds is 5. The standard InChI is InChI=1S/C21H18N4O4/c1-28-16-5-3-4-14(8-16)19(21(27)29-2)25-12-22-18-7-6-13(9-17(18)20(25)26)15-10-23-24-11-15/h3-12,19H,1-2H3,(H,23,24). The Morgan fingerprint density at radius 2 is 2.00 bits per heavy atom. The number of fused-ring (bicyclic) bond motifs is 1. The molecule has 0 aliphatic heterocycles. The highest BCUT2D eigenvalue weighted by molar-refractivity contribution is 5.84. The molecule has 0 radical (unpaired) electrons. The molecule has 0 saturated heterocycles. The SMILES string of the molecule is COC(=O)C(c1cccc(OC)c1)n1cnc2ccc(-c3cn[nH]c3)cc2c1=O. The Kier molecular flexibility index (Phi) is 4.82. The van der Waals surface area contributed by atoms with E-state index in [0.29, 0.717) is 22.2 Å². The number of nitrogens with one attached hydrogen (secondary N) is 1. The van der Waals surface area contributed by atoms with E-state index < -0.39 is 12.0 Å². The molecule has 0 amide bonds. The van der Waals surface area contributed by atoms with Crippen LogP contribution in [0.15, 0.2) is 66.0 Å². The number of H-pyrrole nitrogens is 1. The summed E-state index contributed by atoms with van der Waals surface area (Å²) >= 11 is 0. The van der Waals surface area contributed by atoms with Crippen LogP contribution in [0.25, 0.3) is 22.0 Å². The van der Waals surface area contributed by atoms with E-state index in [2.05, 4.69) is 15.2 Å². The van der Waals surface area contributed by atoms with Crippen molar-refractivity contribution in [2.45, 2.75) is 6.04 Å². The Hall–Kier alpha value is -3.94. The van der Waals surface area contributed by atoms with Crippen molar-refractivity contribution < 1.29 is 14.3 Å². The van der Waals surface area contributed by atoms with Gasteiger partial charge in [-0.2, -0.15) is 5.10 Å². The number of aromatic amines is 1. The van der Waals surface area contributed by atoms with Gasteiger partial charge in [0.2, 0.25) is 0 Å². The zero-order valence-corrected chi connectivity index (χ0v) is 15.8. The molecule has 0 fully saturated rings. The van der Waals surface area contributed by atoms with Crippen LogP contribution < -0.4 is 10.3 Å². The molecule has 1 atom stereocenters. The maximum Gasteiger partial charge on any atom is 0.333 e. The number of ether oxygens (including phenoxy) is 2. The number of nitrogens with zero attached hydrogens (tertiary/aromatic N) is 3. The van der Waals surface area contributed by atoms with Gasteiger partial charge in [0.15, 0.2) is 6.04 Å². The van der Waals surface area contributed by atoms with Crippen LogP contribution in [-0.2, 0) is 9.53 Å². The first-order chi connectivity index (χ1) is 14.1. The number of aromatic nitrogens is 4. The predicted octanol–water partition coefficient (Wildman–Crippen LogP) is 2.56. The summed E-state index contributed by atoms with van der Waals surface area (Å²) in [6.07, 6.45) is 4.77. The maximum atomic E-state index is 13.3. The van der Waals surface area contributed by atoms with Gasteiger partial charge >= 0.3 is 5.97 Å². The van der Waals surface area contributed by atoms with Crippen molar-refractivity contribution >= 4 is 16.9 Å². The summed E-state index contributed by atoms with van der Waals surface area (Å²) in [4.78, 5) is 30.3. The molecule has 4 rings (SSSR count). The van der Waals surface area contributed by atoms with E-state index in [4.69, 9.17) is 9.47 Å². The lowest BCUT2D eigenvalue weighted by Crippen LogP contribution is -2.31. The monoisotopic (exact) mass is 390 g/mol. The summed E-state index contributed by atoms with van der Waals surface area (Å²) in [7, 11) is 2.82. The van der Waals surface area contributed by atoms with Crippen LogP contribution in [0, 0.1) is 0 Å². The highest BCUT2D eigenvalue weighted by atomic mass is 16.5. The molecule has 1 unspecified atom stereocenters. The summed E-state index contributed by atoms with van der Waals surface area (Å²) in [5.41, 5.74) is 2.41. The average molecular weight is 390 g/mol. The maximum absolute atomic E-state index is 13.3. The number of hydrogen-bond donors (Lipinski definition) is 1. The van der Waals surface area contributed by atoms with Gasteiger partial charge in [-0.1, -0.05) is 18.2 Å². The number of hydrogen-bond acceptors (Lipinski definition) is 6. The zero-order chi connectivity index (χ0) is 20.4. The molecule has 8 nitrogen and oxygen atoms in total. The van der Waals surface area contributed by atoms with Gasteiger partial charge in [0.05, 0.1) is 37.6 Å². The number of methoxy groups -OCH3 is 2. The van der Waals surface area contributed by atoms with E-state index in [9.17, 15) is 9.59 Å². The lowest BCUT2D eigenvalue weighted by molar-refractivity contribution is -0.143. The minimum Gasteiger partial charge on any atom is -0.497 e. The fourth-order valence-electron chi connectivity index (χ4n) is 3.24. The van der Waals surface area contributed by atoms with Crippen LogP contribution in [0.1, 0.15) is 11.6 Å². The quantitative estimate of drug-likeness (QED) is 0.526. The van der Waals surface area contributed by atoms with Crippen LogP contribution >= 0.6 is 0 Å². The summed E-state index contributed by atoms with van der Waals surface area (Å²) in [6.45, 7) is 0. The van der Waals surface area contributed by atoms with Crippen LogP contribution in [0.2, 0.25) is 0 Å². The second-order valence-corrected chi connectivity index (χ2v) is 6.38. The Morgan fingerprint density at radius 1 is 1.14 bits per heavy atom. The van der Waals surface area contributed by atoms with E-state index in [1.807, 2.05) is 6.07 Å². The van der Waals surface area contributed by atoms with Gasteiger partial charge in [-0.3, -0.25) is 14.5 Å².